The van der Waals surface area contributed by atoms with Crippen LogP contribution in [0.4, 0.5) is 5.82 Å². The highest BCUT2D eigenvalue weighted by Crippen LogP contribution is 2.26. The second kappa shape index (κ2) is 6.72. The summed E-state index contributed by atoms with van der Waals surface area (Å²) < 4.78 is 30.6. The predicted octanol–water partition coefficient (Wildman–Crippen LogP) is 0.461. The molecule has 3 rings (SSSR count). The molecule has 0 aliphatic carbocycles. The van der Waals surface area contributed by atoms with Gasteiger partial charge in [-0.05, 0) is 25.0 Å². The minimum absolute atomic E-state index is 0.0693. The van der Waals surface area contributed by atoms with Crippen LogP contribution in [0.1, 0.15) is 24.6 Å². The van der Waals surface area contributed by atoms with Gasteiger partial charge < -0.3 is 10.5 Å². The van der Waals surface area contributed by atoms with Gasteiger partial charge in [0.05, 0.1) is 18.6 Å². The third-order valence-corrected chi connectivity index (χ3v) is 5.93. The SMILES string of the molecule is CS(=O)(=O)N1CCC(N2CCO[C@@H](c3cccc(N)n3)C2)CC1. The van der Waals surface area contributed by atoms with Crippen LogP contribution in [0.15, 0.2) is 18.2 Å². The van der Waals surface area contributed by atoms with Crippen LogP contribution in [-0.2, 0) is 14.8 Å². The number of morpholine rings is 1. The molecule has 0 unspecified atom stereocenters. The van der Waals surface area contributed by atoms with Crippen LogP contribution in [0.5, 0.6) is 0 Å². The van der Waals surface area contributed by atoms with Crippen molar-refractivity contribution in [2.75, 3.05) is 44.8 Å². The Balaban J connectivity index is 1.61. The molecule has 0 aromatic carbocycles. The van der Waals surface area contributed by atoms with E-state index in [0.29, 0.717) is 31.6 Å². The van der Waals surface area contributed by atoms with E-state index in [0.717, 1.165) is 31.6 Å². The van der Waals surface area contributed by atoms with Crippen molar-refractivity contribution in [3.05, 3.63) is 23.9 Å². The van der Waals surface area contributed by atoms with E-state index < -0.39 is 10.0 Å². The molecule has 7 nitrogen and oxygen atoms in total. The first kappa shape index (κ1) is 16.6. The number of anilines is 1. The zero-order chi connectivity index (χ0) is 16.4. The summed E-state index contributed by atoms with van der Waals surface area (Å²) in [6.45, 7) is 3.51. The first-order valence-electron chi connectivity index (χ1n) is 7.96. The molecule has 0 bridgehead atoms. The number of pyridine rings is 1. The van der Waals surface area contributed by atoms with Crippen molar-refractivity contribution >= 4 is 15.8 Å². The maximum atomic E-state index is 11.6. The maximum Gasteiger partial charge on any atom is 0.211 e. The van der Waals surface area contributed by atoms with Crippen molar-refractivity contribution in [3.8, 4) is 0 Å². The number of hydrogen-bond acceptors (Lipinski definition) is 6. The number of aromatic nitrogens is 1. The number of nitrogen functional groups attached to an aromatic ring is 1. The van der Waals surface area contributed by atoms with Gasteiger partial charge in [0.25, 0.3) is 0 Å². The summed E-state index contributed by atoms with van der Waals surface area (Å²) in [6.07, 6.45) is 2.94. The quantitative estimate of drug-likeness (QED) is 0.860. The molecule has 0 radical (unpaired) electrons. The molecule has 2 fully saturated rings. The smallest absolute Gasteiger partial charge is 0.211 e. The van der Waals surface area contributed by atoms with Gasteiger partial charge in [-0.1, -0.05) is 6.07 Å². The number of nitrogens with zero attached hydrogens (tertiary/aromatic N) is 3. The van der Waals surface area contributed by atoms with Crippen LogP contribution in [0, 0.1) is 0 Å². The predicted molar refractivity (Wildman–Crippen MR) is 88.4 cm³/mol. The molecule has 2 N–H and O–H groups in total. The number of rotatable bonds is 3. The van der Waals surface area contributed by atoms with Gasteiger partial charge in [0.2, 0.25) is 10.0 Å². The zero-order valence-corrected chi connectivity index (χ0v) is 14.2. The van der Waals surface area contributed by atoms with E-state index in [-0.39, 0.29) is 6.10 Å². The topological polar surface area (TPSA) is 88.8 Å². The van der Waals surface area contributed by atoms with E-state index in [1.54, 1.807) is 10.4 Å². The standard InChI is InChI=1S/C15H24N4O3S/c1-23(20,21)19-7-5-12(6-8-19)18-9-10-22-14(11-18)13-3-2-4-15(16)17-13/h2-4,12,14H,5-11H2,1H3,(H2,16,17)/t14-/m1/s1. The summed E-state index contributed by atoms with van der Waals surface area (Å²) in [7, 11) is -3.07. The molecular weight excluding hydrogens is 316 g/mol. The lowest BCUT2D eigenvalue weighted by atomic mass is 10.0. The second-order valence-electron chi connectivity index (χ2n) is 6.23. The van der Waals surface area contributed by atoms with Crippen molar-refractivity contribution in [2.45, 2.75) is 25.0 Å². The van der Waals surface area contributed by atoms with Crippen molar-refractivity contribution in [3.63, 3.8) is 0 Å². The Bertz CT molecular complexity index is 644. The third-order valence-electron chi connectivity index (χ3n) is 4.63. The summed E-state index contributed by atoms with van der Waals surface area (Å²) in [4.78, 5) is 6.76. The third kappa shape index (κ3) is 4.00. The van der Waals surface area contributed by atoms with Gasteiger partial charge in [-0.2, -0.15) is 0 Å². The van der Waals surface area contributed by atoms with Gasteiger partial charge in [0.1, 0.15) is 11.9 Å². The van der Waals surface area contributed by atoms with E-state index >= 15 is 0 Å². The van der Waals surface area contributed by atoms with Crippen molar-refractivity contribution in [2.24, 2.45) is 0 Å². The Morgan fingerprint density at radius 2 is 2.00 bits per heavy atom. The van der Waals surface area contributed by atoms with E-state index in [9.17, 15) is 8.42 Å². The van der Waals surface area contributed by atoms with Crippen LogP contribution >= 0.6 is 0 Å². The lowest BCUT2D eigenvalue weighted by Crippen LogP contribution is -2.50. The average Bonchev–Trinajstić information content (AvgIpc) is 2.54. The fraction of sp³-hybridized carbons (Fsp3) is 0.667. The molecule has 1 aromatic heterocycles. The molecule has 128 valence electrons. The molecule has 0 saturated carbocycles. The van der Waals surface area contributed by atoms with Gasteiger partial charge >= 0.3 is 0 Å². The van der Waals surface area contributed by atoms with Gasteiger partial charge in [-0.25, -0.2) is 17.7 Å². The fourth-order valence-corrected chi connectivity index (χ4v) is 4.24. The highest BCUT2D eigenvalue weighted by molar-refractivity contribution is 7.88. The largest absolute Gasteiger partial charge is 0.384 e. The maximum absolute atomic E-state index is 11.6. The lowest BCUT2D eigenvalue weighted by Gasteiger charge is -2.41. The van der Waals surface area contributed by atoms with Crippen LogP contribution in [0.2, 0.25) is 0 Å². The van der Waals surface area contributed by atoms with E-state index in [4.69, 9.17) is 10.5 Å². The summed E-state index contributed by atoms with van der Waals surface area (Å²) in [5.41, 5.74) is 6.62. The molecule has 0 amide bonds. The first-order valence-corrected chi connectivity index (χ1v) is 9.81. The van der Waals surface area contributed by atoms with Gasteiger partial charge in [0.15, 0.2) is 0 Å². The second-order valence-corrected chi connectivity index (χ2v) is 8.22. The highest BCUT2D eigenvalue weighted by Gasteiger charge is 2.32. The number of nitrogens with two attached hydrogens (primary N) is 1. The lowest BCUT2D eigenvalue weighted by molar-refractivity contribution is -0.0527. The Morgan fingerprint density at radius 3 is 2.65 bits per heavy atom. The molecule has 1 atom stereocenters. The first-order chi connectivity index (χ1) is 10.9. The zero-order valence-electron chi connectivity index (χ0n) is 13.4. The average molecular weight is 340 g/mol. The van der Waals surface area contributed by atoms with Crippen LogP contribution < -0.4 is 5.73 Å². The molecule has 23 heavy (non-hydrogen) atoms. The Labute approximate surface area is 137 Å². The molecule has 2 aliphatic rings. The Morgan fingerprint density at radius 1 is 1.26 bits per heavy atom. The Kier molecular flexibility index (Phi) is 4.86. The molecular formula is C15H24N4O3S. The molecule has 8 heteroatoms. The summed E-state index contributed by atoms with van der Waals surface area (Å²) in [6, 6.07) is 6.01. The molecule has 3 heterocycles. The summed E-state index contributed by atoms with van der Waals surface area (Å²) in [5, 5.41) is 0. The number of piperidine rings is 1. The van der Waals surface area contributed by atoms with E-state index in [1.165, 1.54) is 6.26 Å². The van der Waals surface area contributed by atoms with Crippen LogP contribution in [0.3, 0.4) is 0 Å². The molecule has 2 aliphatic heterocycles. The Hall–Kier alpha value is -1.22. The molecule has 0 spiro atoms. The highest BCUT2D eigenvalue weighted by atomic mass is 32.2. The normalized spacial score (nSPS) is 25.5. The minimum Gasteiger partial charge on any atom is -0.384 e. The van der Waals surface area contributed by atoms with Crippen molar-refractivity contribution in [1.29, 1.82) is 0 Å². The summed E-state index contributed by atoms with van der Waals surface area (Å²) in [5.74, 6) is 0.504. The van der Waals surface area contributed by atoms with Gasteiger partial charge in [0, 0.05) is 32.2 Å². The van der Waals surface area contributed by atoms with Gasteiger partial charge in [-0.15, -0.1) is 0 Å². The van der Waals surface area contributed by atoms with Crippen LogP contribution in [0.25, 0.3) is 0 Å². The fourth-order valence-electron chi connectivity index (χ4n) is 3.37. The van der Waals surface area contributed by atoms with E-state index in [1.807, 2.05) is 12.1 Å². The monoisotopic (exact) mass is 340 g/mol. The van der Waals surface area contributed by atoms with Crippen molar-refractivity contribution < 1.29 is 13.2 Å². The van der Waals surface area contributed by atoms with Gasteiger partial charge in [-0.3, -0.25) is 4.90 Å². The molecule has 2 saturated heterocycles. The number of ether oxygens (including phenoxy) is 1. The van der Waals surface area contributed by atoms with Crippen molar-refractivity contribution in [1.82, 2.24) is 14.2 Å². The number of sulfonamides is 1. The number of hydrogen-bond donors (Lipinski definition) is 1. The van der Waals surface area contributed by atoms with E-state index in [2.05, 4.69) is 9.88 Å². The summed E-state index contributed by atoms with van der Waals surface area (Å²) >= 11 is 0. The minimum atomic E-state index is -3.07. The molecule has 1 aromatic rings. The van der Waals surface area contributed by atoms with Crippen LogP contribution in [-0.4, -0.2) is 67.7 Å².